The highest BCUT2D eigenvalue weighted by Crippen LogP contribution is 2.10. The van der Waals surface area contributed by atoms with Gasteiger partial charge in [0, 0.05) is 38.8 Å². The van der Waals surface area contributed by atoms with Crippen molar-refractivity contribution in [1.29, 1.82) is 0 Å². The smallest absolute Gasteiger partial charge is 0.0216 e. The lowest BCUT2D eigenvalue weighted by atomic mass is 10.1. The molecular weight excluding hydrogens is 210 g/mol. The molecule has 1 atom stereocenters. The summed E-state index contributed by atoms with van der Waals surface area (Å²) in [6.07, 6.45) is 3.90. The van der Waals surface area contributed by atoms with Crippen molar-refractivity contribution < 1.29 is 0 Å². The molecule has 0 radical (unpaired) electrons. The van der Waals surface area contributed by atoms with Gasteiger partial charge in [-0.1, -0.05) is 20.8 Å². The first kappa shape index (κ1) is 14.9. The fourth-order valence-electron chi connectivity index (χ4n) is 2.65. The second-order valence-corrected chi connectivity index (χ2v) is 5.71. The van der Waals surface area contributed by atoms with Crippen molar-refractivity contribution in [1.82, 2.24) is 9.80 Å². The lowest BCUT2D eigenvalue weighted by molar-refractivity contribution is 0.0951. The van der Waals surface area contributed by atoms with E-state index in [1.165, 1.54) is 52.0 Å². The Balaban J connectivity index is 2.17. The number of nitrogens with zero attached hydrogens (tertiary/aromatic N) is 2. The van der Waals surface area contributed by atoms with Gasteiger partial charge in [0.15, 0.2) is 0 Å². The van der Waals surface area contributed by atoms with Crippen molar-refractivity contribution >= 4 is 0 Å². The SMILES string of the molecule is CCC(CN)N1CCN(CCCC(C)C)CC1. The van der Waals surface area contributed by atoms with Gasteiger partial charge in [-0.25, -0.2) is 0 Å². The van der Waals surface area contributed by atoms with Crippen LogP contribution in [-0.4, -0.2) is 55.1 Å². The minimum absolute atomic E-state index is 0.604. The number of nitrogens with two attached hydrogens (primary N) is 1. The molecule has 1 rings (SSSR count). The summed E-state index contributed by atoms with van der Waals surface area (Å²) < 4.78 is 0. The third-order valence-electron chi connectivity index (χ3n) is 3.92. The van der Waals surface area contributed by atoms with Crippen LogP contribution < -0.4 is 5.73 Å². The summed E-state index contributed by atoms with van der Waals surface area (Å²) in [6.45, 7) is 13.8. The quantitative estimate of drug-likeness (QED) is 0.737. The van der Waals surface area contributed by atoms with Gasteiger partial charge in [-0.2, -0.15) is 0 Å². The van der Waals surface area contributed by atoms with E-state index in [0.717, 1.165) is 12.5 Å². The first-order valence-electron chi connectivity index (χ1n) is 7.33. The Morgan fingerprint density at radius 2 is 1.76 bits per heavy atom. The van der Waals surface area contributed by atoms with Crippen molar-refractivity contribution in [2.24, 2.45) is 11.7 Å². The molecule has 3 heteroatoms. The van der Waals surface area contributed by atoms with Gasteiger partial charge >= 0.3 is 0 Å². The van der Waals surface area contributed by atoms with Gasteiger partial charge in [0.2, 0.25) is 0 Å². The summed E-state index contributed by atoms with van der Waals surface area (Å²) in [5, 5.41) is 0. The van der Waals surface area contributed by atoms with Gasteiger partial charge in [0.1, 0.15) is 0 Å². The molecule has 3 nitrogen and oxygen atoms in total. The van der Waals surface area contributed by atoms with Gasteiger partial charge in [0.05, 0.1) is 0 Å². The molecule has 0 bridgehead atoms. The zero-order chi connectivity index (χ0) is 12.7. The molecule has 1 aliphatic rings. The molecule has 0 aliphatic carbocycles. The van der Waals surface area contributed by atoms with Crippen LogP contribution in [-0.2, 0) is 0 Å². The lowest BCUT2D eigenvalue weighted by Crippen LogP contribution is -2.52. The maximum absolute atomic E-state index is 5.81. The minimum atomic E-state index is 0.604. The molecule has 2 N–H and O–H groups in total. The van der Waals surface area contributed by atoms with E-state index in [1.807, 2.05) is 0 Å². The first-order chi connectivity index (χ1) is 8.17. The second-order valence-electron chi connectivity index (χ2n) is 5.71. The summed E-state index contributed by atoms with van der Waals surface area (Å²) in [4.78, 5) is 5.18. The van der Waals surface area contributed by atoms with Gasteiger partial charge < -0.3 is 10.6 Å². The maximum atomic E-state index is 5.81. The largest absolute Gasteiger partial charge is 0.329 e. The molecule has 0 aromatic carbocycles. The Morgan fingerprint density at radius 1 is 1.12 bits per heavy atom. The van der Waals surface area contributed by atoms with Crippen molar-refractivity contribution in [3.63, 3.8) is 0 Å². The van der Waals surface area contributed by atoms with Crippen LogP contribution in [0.4, 0.5) is 0 Å². The molecule has 1 heterocycles. The Hall–Kier alpha value is -0.120. The normalized spacial score (nSPS) is 21.0. The maximum Gasteiger partial charge on any atom is 0.0216 e. The number of rotatable bonds is 7. The zero-order valence-electron chi connectivity index (χ0n) is 12.0. The molecular formula is C14H31N3. The molecule has 0 aromatic rings. The van der Waals surface area contributed by atoms with Crippen molar-refractivity contribution in [3.8, 4) is 0 Å². The predicted molar refractivity (Wildman–Crippen MR) is 75.2 cm³/mol. The summed E-state index contributed by atoms with van der Waals surface area (Å²) in [5.41, 5.74) is 5.81. The van der Waals surface area contributed by atoms with Gasteiger partial charge in [0.25, 0.3) is 0 Å². The van der Waals surface area contributed by atoms with E-state index in [4.69, 9.17) is 5.73 Å². The molecule has 17 heavy (non-hydrogen) atoms. The van der Waals surface area contributed by atoms with Crippen LogP contribution >= 0.6 is 0 Å². The molecule has 0 amide bonds. The van der Waals surface area contributed by atoms with Crippen LogP contribution in [0.5, 0.6) is 0 Å². The van der Waals surface area contributed by atoms with Crippen LogP contribution in [0.3, 0.4) is 0 Å². The Labute approximate surface area is 107 Å². The Kier molecular flexibility index (Phi) is 7.09. The van der Waals surface area contributed by atoms with Crippen LogP contribution in [0.2, 0.25) is 0 Å². The molecule has 0 spiro atoms. The number of hydrogen-bond donors (Lipinski definition) is 1. The van der Waals surface area contributed by atoms with Gasteiger partial charge in [-0.3, -0.25) is 4.90 Å². The molecule has 0 aromatic heterocycles. The lowest BCUT2D eigenvalue weighted by Gasteiger charge is -2.38. The van der Waals surface area contributed by atoms with E-state index in [-0.39, 0.29) is 0 Å². The predicted octanol–water partition coefficient (Wildman–Crippen LogP) is 1.78. The highest BCUT2D eigenvalue weighted by atomic mass is 15.3. The molecule has 1 fully saturated rings. The van der Waals surface area contributed by atoms with Crippen LogP contribution in [0.1, 0.15) is 40.0 Å². The monoisotopic (exact) mass is 241 g/mol. The molecule has 1 aliphatic heterocycles. The van der Waals surface area contributed by atoms with E-state index in [1.54, 1.807) is 0 Å². The number of piperazine rings is 1. The van der Waals surface area contributed by atoms with E-state index in [0.29, 0.717) is 6.04 Å². The van der Waals surface area contributed by atoms with E-state index >= 15 is 0 Å². The highest BCUT2D eigenvalue weighted by Gasteiger charge is 2.21. The molecule has 102 valence electrons. The van der Waals surface area contributed by atoms with Crippen molar-refractivity contribution in [2.45, 2.75) is 46.1 Å². The third kappa shape index (κ3) is 5.36. The van der Waals surface area contributed by atoms with Crippen molar-refractivity contribution in [2.75, 3.05) is 39.3 Å². The molecule has 1 saturated heterocycles. The summed E-state index contributed by atoms with van der Waals surface area (Å²) in [7, 11) is 0. The van der Waals surface area contributed by atoms with Gasteiger partial charge in [-0.05, 0) is 31.7 Å². The van der Waals surface area contributed by atoms with E-state index in [2.05, 4.69) is 30.6 Å². The Bertz CT molecular complexity index is 182. The average molecular weight is 241 g/mol. The average Bonchev–Trinajstić information content (AvgIpc) is 2.32. The standard InChI is InChI=1S/C14H31N3/c1-4-14(12-15)17-10-8-16(9-11-17)7-5-6-13(2)3/h13-14H,4-12,15H2,1-3H3. The van der Waals surface area contributed by atoms with Crippen molar-refractivity contribution in [3.05, 3.63) is 0 Å². The van der Waals surface area contributed by atoms with E-state index in [9.17, 15) is 0 Å². The molecule has 1 unspecified atom stereocenters. The Morgan fingerprint density at radius 3 is 2.24 bits per heavy atom. The van der Waals surface area contributed by atoms with Crippen LogP contribution in [0.15, 0.2) is 0 Å². The zero-order valence-corrected chi connectivity index (χ0v) is 12.0. The summed E-state index contributed by atoms with van der Waals surface area (Å²) in [5.74, 6) is 0.845. The summed E-state index contributed by atoms with van der Waals surface area (Å²) >= 11 is 0. The molecule has 0 saturated carbocycles. The van der Waals surface area contributed by atoms with Gasteiger partial charge in [-0.15, -0.1) is 0 Å². The summed E-state index contributed by atoms with van der Waals surface area (Å²) in [6, 6.07) is 0.604. The second kappa shape index (κ2) is 8.06. The highest BCUT2D eigenvalue weighted by molar-refractivity contribution is 4.78. The van der Waals surface area contributed by atoms with E-state index < -0.39 is 0 Å². The minimum Gasteiger partial charge on any atom is -0.329 e. The topological polar surface area (TPSA) is 32.5 Å². The first-order valence-corrected chi connectivity index (χ1v) is 7.33. The third-order valence-corrected chi connectivity index (χ3v) is 3.92. The van der Waals surface area contributed by atoms with Crippen LogP contribution in [0.25, 0.3) is 0 Å². The fraction of sp³-hybridized carbons (Fsp3) is 1.00. The number of hydrogen-bond acceptors (Lipinski definition) is 3. The fourth-order valence-corrected chi connectivity index (χ4v) is 2.65. The van der Waals surface area contributed by atoms with Crippen LogP contribution in [0, 0.1) is 5.92 Å².